The highest BCUT2D eigenvalue weighted by Crippen LogP contribution is 2.22. The highest BCUT2D eigenvalue weighted by molar-refractivity contribution is 5.96. The summed E-state index contributed by atoms with van der Waals surface area (Å²) in [6.45, 7) is 3.02. The number of anilines is 2. The number of nitrogens with one attached hydrogen (secondary N) is 1. The molecule has 0 aliphatic carbocycles. The number of nitrogens with zero attached hydrogens (tertiary/aromatic N) is 3. The van der Waals surface area contributed by atoms with Crippen LogP contribution in [0.3, 0.4) is 0 Å². The van der Waals surface area contributed by atoms with E-state index in [-0.39, 0.29) is 23.5 Å². The van der Waals surface area contributed by atoms with E-state index in [1.807, 2.05) is 12.1 Å². The molecule has 0 radical (unpaired) electrons. The Kier molecular flexibility index (Phi) is 5.74. The smallest absolute Gasteiger partial charge is 0.253 e. The van der Waals surface area contributed by atoms with E-state index in [0.29, 0.717) is 24.3 Å². The van der Waals surface area contributed by atoms with Gasteiger partial charge in [-0.25, -0.2) is 9.37 Å². The molecule has 29 heavy (non-hydrogen) atoms. The molecule has 6 nitrogen and oxygen atoms in total. The Morgan fingerprint density at radius 3 is 2.45 bits per heavy atom. The van der Waals surface area contributed by atoms with Crippen LogP contribution in [0.4, 0.5) is 15.9 Å². The number of benzene rings is 1. The van der Waals surface area contributed by atoms with Gasteiger partial charge in [-0.1, -0.05) is 0 Å². The molecular weight excluding hydrogens is 371 g/mol. The first kappa shape index (κ1) is 19.4. The minimum Gasteiger partial charge on any atom is -0.357 e. The van der Waals surface area contributed by atoms with Crippen molar-refractivity contribution in [1.82, 2.24) is 9.88 Å². The number of piperidine rings is 1. The molecule has 1 N–H and O–H groups in total. The first-order chi connectivity index (χ1) is 14.1. The molecule has 2 amide bonds. The summed E-state index contributed by atoms with van der Waals surface area (Å²) in [4.78, 5) is 33.8. The number of carbonyl (C=O) groups is 2. The van der Waals surface area contributed by atoms with Crippen LogP contribution in [0.2, 0.25) is 0 Å². The minimum absolute atomic E-state index is 0.0997. The van der Waals surface area contributed by atoms with Gasteiger partial charge in [-0.3, -0.25) is 9.59 Å². The zero-order valence-corrected chi connectivity index (χ0v) is 16.3. The van der Waals surface area contributed by atoms with Gasteiger partial charge < -0.3 is 15.1 Å². The Balaban J connectivity index is 1.35. The molecule has 2 aliphatic heterocycles. The lowest BCUT2D eigenvalue weighted by atomic mass is 9.96. The van der Waals surface area contributed by atoms with E-state index < -0.39 is 0 Å². The van der Waals surface area contributed by atoms with E-state index in [1.165, 1.54) is 37.1 Å². The molecular formula is C22H25FN4O2. The number of rotatable bonds is 4. The third kappa shape index (κ3) is 4.55. The molecule has 4 rings (SSSR count). The fourth-order valence-electron chi connectivity index (χ4n) is 3.99. The van der Waals surface area contributed by atoms with Crippen LogP contribution in [-0.4, -0.2) is 47.9 Å². The van der Waals surface area contributed by atoms with Crippen molar-refractivity contribution < 1.29 is 14.0 Å². The van der Waals surface area contributed by atoms with Crippen molar-refractivity contribution in [2.45, 2.75) is 25.7 Å². The van der Waals surface area contributed by atoms with Crippen LogP contribution in [0, 0.1) is 11.7 Å². The van der Waals surface area contributed by atoms with Gasteiger partial charge in [0.25, 0.3) is 5.91 Å². The van der Waals surface area contributed by atoms with Crippen molar-refractivity contribution in [3.8, 4) is 0 Å². The lowest BCUT2D eigenvalue weighted by Crippen LogP contribution is -2.43. The third-order valence-electron chi connectivity index (χ3n) is 5.62. The lowest BCUT2D eigenvalue weighted by molar-refractivity contribution is -0.121. The van der Waals surface area contributed by atoms with Gasteiger partial charge in [0.05, 0.1) is 17.8 Å². The van der Waals surface area contributed by atoms with Crippen molar-refractivity contribution in [3.05, 3.63) is 54.0 Å². The van der Waals surface area contributed by atoms with E-state index >= 15 is 0 Å². The van der Waals surface area contributed by atoms with Gasteiger partial charge in [0.15, 0.2) is 0 Å². The molecule has 2 saturated heterocycles. The second-order valence-electron chi connectivity index (χ2n) is 7.69. The van der Waals surface area contributed by atoms with Crippen molar-refractivity contribution in [3.63, 3.8) is 0 Å². The number of hydrogen-bond donors (Lipinski definition) is 1. The van der Waals surface area contributed by atoms with E-state index in [0.717, 1.165) is 31.7 Å². The summed E-state index contributed by atoms with van der Waals surface area (Å²) >= 11 is 0. The average Bonchev–Trinajstić information content (AvgIpc) is 3.29. The highest BCUT2D eigenvalue weighted by atomic mass is 19.1. The minimum atomic E-state index is -0.373. The van der Waals surface area contributed by atoms with Gasteiger partial charge in [0.1, 0.15) is 11.6 Å². The molecule has 152 valence electrons. The van der Waals surface area contributed by atoms with E-state index in [9.17, 15) is 14.0 Å². The molecule has 2 fully saturated rings. The topological polar surface area (TPSA) is 65.5 Å². The molecule has 0 saturated carbocycles. The Labute approximate surface area is 169 Å². The molecule has 1 aromatic carbocycles. The fourth-order valence-corrected chi connectivity index (χ4v) is 3.99. The van der Waals surface area contributed by atoms with Crippen molar-refractivity contribution in [1.29, 1.82) is 0 Å². The van der Waals surface area contributed by atoms with Gasteiger partial charge >= 0.3 is 0 Å². The second-order valence-corrected chi connectivity index (χ2v) is 7.69. The largest absolute Gasteiger partial charge is 0.357 e. The van der Waals surface area contributed by atoms with E-state index in [2.05, 4.69) is 15.2 Å². The van der Waals surface area contributed by atoms with Crippen LogP contribution in [-0.2, 0) is 4.79 Å². The van der Waals surface area contributed by atoms with Crippen LogP contribution in [0.5, 0.6) is 0 Å². The van der Waals surface area contributed by atoms with Crippen molar-refractivity contribution in [2.24, 2.45) is 5.92 Å². The molecule has 3 heterocycles. The number of amides is 2. The van der Waals surface area contributed by atoms with Gasteiger partial charge in [-0.2, -0.15) is 0 Å². The summed E-state index contributed by atoms with van der Waals surface area (Å²) in [6.07, 6.45) is 5.56. The van der Waals surface area contributed by atoms with Gasteiger partial charge in [0.2, 0.25) is 5.91 Å². The monoisotopic (exact) mass is 396 g/mol. The lowest BCUT2D eigenvalue weighted by Gasteiger charge is -2.32. The molecule has 7 heteroatoms. The molecule has 2 aromatic rings. The molecule has 0 bridgehead atoms. The third-order valence-corrected chi connectivity index (χ3v) is 5.62. The maximum absolute atomic E-state index is 13.1. The van der Waals surface area contributed by atoms with Gasteiger partial charge in [0, 0.05) is 31.7 Å². The van der Waals surface area contributed by atoms with Crippen LogP contribution in [0.15, 0.2) is 42.6 Å². The Bertz CT molecular complexity index is 863. The predicted molar refractivity (Wildman–Crippen MR) is 109 cm³/mol. The number of likely N-dealkylation sites (tertiary alicyclic amines) is 1. The maximum Gasteiger partial charge on any atom is 0.253 e. The number of halogens is 1. The Hall–Kier alpha value is -2.96. The normalized spacial score (nSPS) is 19.3. The number of aromatic nitrogens is 1. The van der Waals surface area contributed by atoms with Crippen LogP contribution < -0.4 is 10.2 Å². The molecule has 0 spiro atoms. The van der Waals surface area contributed by atoms with Crippen molar-refractivity contribution >= 4 is 23.3 Å². The van der Waals surface area contributed by atoms with Crippen LogP contribution in [0.25, 0.3) is 0 Å². The Morgan fingerprint density at radius 2 is 1.76 bits per heavy atom. The van der Waals surface area contributed by atoms with Crippen LogP contribution >= 0.6 is 0 Å². The molecule has 1 unspecified atom stereocenters. The number of pyridine rings is 1. The van der Waals surface area contributed by atoms with Crippen molar-refractivity contribution in [2.75, 3.05) is 36.4 Å². The van der Waals surface area contributed by atoms with Gasteiger partial charge in [-0.05, 0) is 62.1 Å². The number of hydrogen-bond acceptors (Lipinski definition) is 4. The highest BCUT2D eigenvalue weighted by Gasteiger charge is 2.29. The van der Waals surface area contributed by atoms with E-state index in [1.54, 1.807) is 11.1 Å². The molecule has 2 aliphatic rings. The predicted octanol–water partition coefficient (Wildman–Crippen LogP) is 3.31. The summed E-state index contributed by atoms with van der Waals surface area (Å²) in [5.74, 6) is 0.0268. The summed E-state index contributed by atoms with van der Waals surface area (Å²) in [7, 11) is 0. The maximum atomic E-state index is 13.1. The summed E-state index contributed by atoms with van der Waals surface area (Å²) in [6, 6.07) is 9.33. The average molecular weight is 396 g/mol. The molecule has 1 atom stereocenters. The SMILES string of the molecule is O=C(Nc1ccc(N2CCCC2)nc1)C1CCCN(C(=O)c2ccc(F)cc2)C1. The van der Waals surface area contributed by atoms with E-state index in [4.69, 9.17) is 0 Å². The zero-order valence-electron chi connectivity index (χ0n) is 16.3. The fraction of sp³-hybridized carbons (Fsp3) is 0.409. The first-order valence-corrected chi connectivity index (χ1v) is 10.2. The standard InChI is InChI=1S/C22H25FN4O2/c23-18-7-5-16(6-8-18)22(29)27-13-3-4-17(15-27)21(28)25-19-9-10-20(24-14-19)26-11-1-2-12-26/h5-10,14,17H,1-4,11-13,15H2,(H,25,28). The van der Waals surface area contributed by atoms with Gasteiger partial charge in [-0.15, -0.1) is 0 Å². The summed E-state index contributed by atoms with van der Waals surface area (Å²) in [5.41, 5.74) is 1.11. The summed E-state index contributed by atoms with van der Waals surface area (Å²) < 4.78 is 13.1. The molecule has 1 aromatic heterocycles. The van der Waals surface area contributed by atoms with Crippen LogP contribution in [0.1, 0.15) is 36.0 Å². The number of carbonyl (C=O) groups excluding carboxylic acids is 2. The Morgan fingerprint density at radius 1 is 1.00 bits per heavy atom. The second kappa shape index (κ2) is 8.59. The summed E-state index contributed by atoms with van der Waals surface area (Å²) in [5, 5.41) is 2.93. The first-order valence-electron chi connectivity index (χ1n) is 10.2. The quantitative estimate of drug-likeness (QED) is 0.861. The zero-order chi connectivity index (χ0) is 20.2.